The van der Waals surface area contributed by atoms with E-state index >= 15 is 0 Å². The molecule has 2 aromatic rings. The molecule has 118 valence electrons. The van der Waals surface area contributed by atoms with E-state index < -0.39 is 4.92 Å². The van der Waals surface area contributed by atoms with Crippen LogP contribution in [0.2, 0.25) is 0 Å². The van der Waals surface area contributed by atoms with Crippen LogP contribution in [-0.4, -0.2) is 23.4 Å². The molecule has 0 aromatic heterocycles. The monoisotopic (exact) mass is 311 g/mol. The molecule has 1 aliphatic heterocycles. The molecule has 1 aliphatic rings. The maximum Gasteiger partial charge on any atom is 0.271 e. The second-order valence-electron chi connectivity index (χ2n) is 5.62. The molecule has 1 N–H and O–H groups in total. The summed E-state index contributed by atoms with van der Waals surface area (Å²) in [5, 5.41) is 14.1. The Hall–Kier alpha value is -2.89. The Labute approximate surface area is 133 Å². The highest BCUT2D eigenvalue weighted by Gasteiger charge is 2.32. The van der Waals surface area contributed by atoms with Crippen molar-refractivity contribution in [2.45, 2.75) is 19.4 Å². The summed E-state index contributed by atoms with van der Waals surface area (Å²) in [4.78, 5) is 24.6. The van der Waals surface area contributed by atoms with Gasteiger partial charge in [-0.15, -0.1) is 0 Å². The Morgan fingerprint density at radius 3 is 2.65 bits per heavy atom. The topological polar surface area (TPSA) is 75.5 Å². The summed E-state index contributed by atoms with van der Waals surface area (Å²) in [6.07, 6.45) is 0.662. The van der Waals surface area contributed by atoms with E-state index in [0.717, 1.165) is 11.3 Å². The highest BCUT2D eigenvalue weighted by molar-refractivity contribution is 6.01. The smallest absolute Gasteiger partial charge is 0.271 e. The van der Waals surface area contributed by atoms with Gasteiger partial charge in [0.25, 0.3) is 5.69 Å². The molecule has 0 saturated carbocycles. The molecule has 1 saturated heterocycles. The lowest BCUT2D eigenvalue weighted by atomic mass is 10.2. The van der Waals surface area contributed by atoms with Crippen molar-refractivity contribution in [3.05, 3.63) is 64.2 Å². The Balaban J connectivity index is 1.75. The van der Waals surface area contributed by atoms with E-state index in [1.54, 1.807) is 17.0 Å². The number of rotatable bonds is 4. The Kier molecular flexibility index (Phi) is 3.97. The number of amides is 1. The molecular formula is C17H17N3O3. The molecule has 1 fully saturated rings. The fourth-order valence-corrected chi connectivity index (χ4v) is 2.70. The molecule has 0 bridgehead atoms. The zero-order chi connectivity index (χ0) is 16.4. The molecule has 0 spiro atoms. The number of hydrogen-bond donors (Lipinski definition) is 1. The number of anilines is 2. The average Bonchev–Trinajstić information content (AvgIpc) is 2.91. The Bertz CT molecular complexity index is 743. The van der Waals surface area contributed by atoms with Crippen LogP contribution in [-0.2, 0) is 4.79 Å². The number of non-ortho nitro benzene ring substituents is 1. The highest BCUT2D eigenvalue weighted by Crippen LogP contribution is 2.26. The molecule has 1 heterocycles. The summed E-state index contributed by atoms with van der Waals surface area (Å²) in [5.41, 5.74) is 2.61. The van der Waals surface area contributed by atoms with Gasteiger partial charge in [0, 0.05) is 24.4 Å². The van der Waals surface area contributed by atoms with E-state index in [4.69, 9.17) is 0 Å². The standard InChI is InChI=1S/C17H17N3O3/c1-12-5-7-13(8-6-12)18-16-9-10-19(17(16)21)14-3-2-4-15(11-14)20(22)23/h2-8,11,16,18H,9-10H2,1H3. The van der Waals surface area contributed by atoms with Crippen molar-refractivity contribution < 1.29 is 9.72 Å². The van der Waals surface area contributed by atoms with Crippen molar-refractivity contribution in [2.75, 3.05) is 16.8 Å². The number of nitro benzene ring substituents is 1. The molecule has 6 nitrogen and oxygen atoms in total. The van der Waals surface area contributed by atoms with Gasteiger partial charge in [-0.05, 0) is 31.5 Å². The minimum absolute atomic E-state index is 0.00903. The van der Waals surface area contributed by atoms with Crippen molar-refractivity contribution in [1.29, 1.82) is 0 Å². The van der Waals surface area contributed by atoms with E-state index in [1.165, 1.54) is 12.1 Å². The van der Waals surface area contributed by atoms with Gasteiger partial charge in [0.15, 0.2) is 0 Å². The maximum atomic E-state index is 12.6. The van der Waals surface area contributed by atoms with Gasteiger partial charge in [-0.25, -0.2) is 0 Å². The van der Waals surface area contributed by atoms with Gasteiger partial charge in [0.2, 0.25) is 5.91 Å². The third kappa shape index (κ3) is 3.15. The first-order chi connectivity index (χ1) is 11.0. The zero-order valence-corrected chi connectivity index (χ0v) is 12.7. The number of carbonyl (C=O) groups excluding carboxylic acids is 1. The predicted octanol–water partition coefficient (Wildman–Crippen LogP) is 3.12. The molecule has 1 atom stereocenters. The summed E-state index contributed by atoms with van der Waals surface area (Å²) in [6, 6.07) is 13.7. The lowest BCUT2D eigenvalue weighted by Crippen LogP contribution is -2.33. The first-order valence-electron chi connectivity index (χ1n) is 7.43. The molecule has 6 heteroatoms. The van der Waals surface area contributed by atoms with Crippen LogP contribution in [0.15, 0.2) is 48.5 Å². The SMILES string of the molecule is Cc1ccc(NC2CCN(c3cccc([N+](=O)[O-])c3)C2=O)cc1. The van der Waals surface area contributed by atoms with Gasteiger partial charge >= 0.3 is 0 Å². The normalized spacial score (nSPS) is 17.3. The lowest BCUT2D eigenvalue weighted by molar-refractivity contribution is -0.384. The second kappa shape index (κ2) is 6.08. The van der Waals surface area contributed by atoms with Crippen LogP contribution in [0.1, 0.15) is 12.0 Å². The van der Waals surface area contributed by atoms with E-state index in [2.05, 4.69) is 5.32 Å². The van der Waals surface area contributed by atoms with E-state index in [9.17, 15) is 14.9 Å². The number of nitrogens with one attached hydrogen (secondary N) is 1. The third-order valence-electron chi connectivity index (χ3n) is 3.95. The van der Waals surface area contributed by atoms with Crippen molar-refractivity contribution in [3.63, 3.8) is 0 Å². The zero-order valence-electron chi connectivity index (χ0n) is 12.7. The number of aryl methyl sites for hydroxylation is 1. The molecule has 1 amide bonds. The van der Waals surface area contributed by atoms with Gasteiger partial charge in [0.1, 0.15) is 6.04 Å². The van der Waals surface area contributed by atoms with Gasteiger partial charge in [-0.3, -0.25) is 14.9 Å². The van der Waals surface area contributed by atoms with Crippen LogP contribution in [0, 0.1) is 17.0 Å². The van der Waals surface area contributed by atoms with Gasteiger partial charge in [-0.1, -0.05) is 23.8 Å². The maximum absolute atomic E-state index is 12.6. The first-order valence-corrected chi connectivity index (χ1v) is 7.43. The lowest BCUT2D eigenvalue weighted by Gasteiger charge is -2.17. The van der Waals surface area contributed by atoms with E-state index in [1.807, 2.05) is 31.2 Å². The van der Waals surface area contributed by atoms with Crippen molar-refractivity contribution in [1.82, 2.24) is 0 Å². The minimum Gasteiger partial charge on any atom is -0.374 e. The average molecular weight is 311 g/mol. The Morgan fingerprint density at radius 2 is 1.96 bits per heavy atom. The largest absolute Gasteiger partial charge is 0.374 e. The molecule has 2 aromatic carbocycles. The van der Waals surface area contributed by atoms with Gasteiger partial charge in [-0.2, -0.15) is 0 Å². The van der Waals surface area contributed by atoms with Crippen LogP contribution in [0.4, 0.5) is 17.1 Å². The number of nitro groups is 1. The molecule has 0 radical (unpaired) electrons. The number of nitrogens with zero attached hydrogens (tertiary/aromatic N) is 2. The molecule has 1 unspecified atom stereocenters. The van der Waals surface area contributed by atoms with E-state index in [-0.39, 0.29) is 17.6 Å². The number of benzene rings is 2. The number of carbonyl (C=O) groups is 1. The van der Waals surface area contributed by atoms with Crippen LogP contribution in [0.25, 0.3) is 0 Å². The molecule has 0 aliphatic carbocycles. The van der Waals surface area contributed by atoms with Crippen LogP contribution >= 0.6 is 0 Å². The van der Waals surface area contributed by atoms with Crippen molar-refractivity contribution in [3.8, 4) is 0 Å². The Morgan fingerprint density at radius 1 is 1.22 bits per heavy atom. The van der Waals surface area contributed by atoms with Crippen molar-refractivity contribution in [2.24, 2.45) is 0 Å². The summed E-state index contributed by atoms with van der Waals surface area (Å²) in [7, 11) is 0. The summed E-state index contributed by atoms with van der Waals surface area (Å²) >= 11 is 0. The fraction of sp³-hybridized carbons (Fsp3) is 0.235. The van der Waals surface area contributed by atoms with Gasteiger partial charge in [0.05, 0.1) is 10.6 Å². The summed E-state index contributed by atoms with van der Waals surface area (Å²) in [6.45, 7) is 2.55. The van der Waals surface area contributed by atoms with E-state index in [0.29, 0.717) is 18.7 Å². The number of hydrogen-bond acceptors (Lipinski definition) is 4. The summed E-state index contributed by atoms with van der Waals surface area (Å²) in [5.74, 6) is -0.0638. The van der Waals surface area contributed by atoms with Gasteiger partial charge < -0.3 is 10.2 Å². The first kappa shape index (κ1) is 15.0. The van der Waals surface area contributed by atoms with Crippen molar-refractivity contribution >= 4 is 23.0 Å². The predicted molar refractivity (Wildman–Crippen MR) is 88.7 cm³/mol. The molecule has 23 heavy (non-hydrogen) atoms. The summed E-state index contributed by atoms with van der Waals surface area (Å²) < 4.78 is 0. The van der Waals surface area contributed by atoms with Crippen LogP contribution < -0.4 is 10.2 Å². The molecular weight excluding hydrogens is 294 g/mol. The van der Waals surface area contributed by atoms with Crippen LogP contribution in [0.5, 0.6) is 0 Å². The minimum atomic E-state index is -0.452. The van der Waals surface area contributed by atoms with Crippen LogP contribution in [0.3, 0.4) is 0 Å². The highest BCUT2D eigenvalue weighted by atomic mass is 16.6. The quantitative estimate of drug-likeness (QED) is 0.695. The second-order valence-corrected chi connectivity index (χ2v) is 5.62. The fourth-order valence-electron chi connectivity index (χ4n) is 2.70. The third-order valence-corrected chi connectivity index (χ3v) is 3.95. The molecule has 3 rings (SSSR count).